The maximum atomic E-state index is 11.1. The van der Waals surface area contributed by atoms with Gasteiger partial charge in [0.25, 0.3) is 0 Å². The Morgan fingerprint density at radius 1 is 1.44 bits per heavy atom. The molecule has 0 aliphatic heterocycles. The van der Waals surface area contributed by atoms with E-state index < -0.39 is 10.6 Å². The lowest BCUT2D eigenvalue weighted by Gasteiger charge is -2.32. The third-order valence-corrected chi connectivity index (χ3v) is 2.98. The molecular weight excluding hydrogens is 232 g/mol. The smallest absolute Gasteiger partial charge is 0.305 e. The Balaban J connectivity index is 3.38. The summed E-state index contributed by atoms with van der Waals surface area (Å²) in [5.41, 5.74) is -0.689. The summed E-state index contributed by atoms with van der Waals surface area (Å²) in [7, 11) is 4.88. The first-order valence-corrected chi connectivity index (χ1v) is 5.11. The Labute approximate surface area is 98.9 Å². The van der Waals surface area contributed by atoms with Gasteiger partial charge in [-0.25, -0.2) is 0 Å². The highest BCUT2D eigenvalue weighted by Crippen LogP contribution is 2.31. The molecule has 16 heavy (non-hydrogen) atoms. The van der Waals surface area contributed by atoms with Crippen LogP contribution in [0.4, 0.5) is 0 Å². The van der Waals surface area contributed by atoms with Gasteiger partial charge in [0.05, 0.1) is 9.96 Å². The van der Waals surface area contributed by atoms with Crippen LogP contribution >= 0.6 is 11.6 Å². The second-order valence-corrected chi connectivity index (χ2v) is 3.68. The first-order chi connectivity index (χ1) is 7.52. The van der Waals surface area contributed by atoms with E-state index in [4.69, 9.17) is 11.6 Å². The SMILES string of the molecule is CNC1=C([N+](=O)[O-])C(NC)(NC)C[C]=C1Cl. The number of nitrogens with zero attached hydrogens (tertiary/aromatic N) is 1. The van der Waals surface area contributed by atoms with E-state index in [1.54, 1.807) is 21.1 Å². The number of likely N-dealkylation sites (N-methyl/N-ethyl adjacent to an activating group) is 3. The molecule has 1 rings (SSSR count). The van der Waals surface area contributed by atoms with Crippen LogP contribution in [0.25, 0.3) is 0 Å². The lowest BCUT2D eigenvalue weighted by Crippen LogP contribution is -2.58. The molecule has 0 aromatic rings. The lowest BCUT2D eigenvalue weighted by molar-refractivity contribution is -0.439. The Morgan fingerprint density at radius 3 is 2.38 bits per heavy atom. The topological polar surface area (TPSA) is 79.2 Å². The maximum absolute atomic E-state index is 11.1. The van der Waals surface area contributed by atoms with Gasteiger partial charge in [0.1, 0.15) is 5.70 Å². The minimum atomic E-state index is -0.944. The number of hydrogen-bond acceptors (Lipinski definition) is 5. The number of rotatable bonds is 4. The molecule has 3 N–H and O–H groups in total. The molecule has 0 saturated heterocycles. The minimum Gasteiger partial charge on any atom is -0.382 e. The summed E-state index contributed by atoms with van der Waals surface area (Å²) in [6.07, 6.45) is 3.18. The summed E-state index contributed by atoms with van der Waals surface area (Å²) in [5, 5.41) is 19.9. The van der Waals surface area contributed by atoms with Gasteiger partial charge in [-0.2, -0.15) is 0 Å². The Kier molecular flexibility index (Phi) is 3.90. The van der Waals surface area contributed by atoms with Gasteiger partial charge in [-0.15, -0.1) is 0 Å². The predicted octanol–water partition coefficient (Wildman–Crippen LogP) is 0.159. The van der Waals surface area contributed by atoms with Crippen LogP contribution in [0.15, 0.2) is 16.4 Å². The zero-order valence-electron chi connectivity index (χ0n) is 9.35. The van der Waals surface area contributed by atoms with Crippen molar-refractivity contribution in [3.63, 3.8) is 0 Å². The van der Waals surface area contributed by atoms with E-state index >= 15 is 0 Å². The highest BCUT2D eigenvalue weighted by Gasteiger charge is 2.45. The zero-order chi connectivity index (χ0) is 12.3. The van der Waals surface area contributed by atoms with Crippen molar-refractivity contribution >= 4 is 11.6 Å². The Morgan fingerprint density at radius 2 is 2.00 bits per heavy atom. The fraction of sp³-hybridized carbons (Fsp3) is 0.556. The van der Waals surface area contributed by atoms with E-state index in [2.05, 4.69) is 22.0 Å². The number of halogens is 1. The van der Waals surface area contributed by atoms with Crippen LogP contribution < -0.4 is 16.0 Å². The highest BCUT2D eigenvalue weighted by molar-refractivity contribution is 6.31. The van der Waals surface area contributed by atoms with Crippen molar-refractivity contribution in [3.05, 3.63) is 32.6 Å². The normalized spacial score (nSPS) is 19.4. The first-order valence-electron chi connectivity index (χ1n) is 4.73. The number of allylic oxidation sites excluding steroid dienone is 1. The van der Waals surface area contributed by atoms with E-state index in [1.807, 2.05) is 0 Å². The molecule has 6 nitrogen and oxygen atoms in total. The fourth-order valence-electron chi connectivity index (χ4n) is 1.71. The molecule has 0 amide bonds. The summed E-state index contributed by atoms with van der Waals surface area (Å²) in [4.78, 5) is 10.7. The van der Waals surface area contributed by atoms with E-state index in [1.165, 1.54) is 0 Å². The van der Waals surface area contributed by atoms with Gasteiger partial charge in [0, 0.05) is 13.5 Å². The number of hydrogen-bond donors (Lipinski definition) is 3. The van der Waals surface area contributed by atoms with Crippen molar-refractivity contribution in [3.8, 4) is 0 Å². The first kappa shape index (κ1) is 13.0. The molecule has 0 saturated carbocycles. The maximum Gasteiger partial charge on any atom is 0.305 e. The third-order valence-electron chi connectivity index (χ3n) is 2.66. The summed E-state index contributed by atoms with van der Waals surface area (Å²) in [6, 6.07) is 0. The van der Waals surface area contributed by atoms with E-state index in [-0.39, 0.29) is 16.4 Å². The van der Waals surface area contributed by atoms with Crippen LogP contribution in [0.3, 0.4) is 0 Å². The van der Waals surface area contributed by atoms with E-state index in [9.17, 15) is 10.1 Å². The molecule has 1 aliphatic rings. The van der Waals surface area contributed by atoms with Crippen molar-refractivity contribution in [2.24, 2.45) is 0 Å². The van der Waals surface area contributed by atoms with Crippen molar-refractivity contribution in [1.82, 2.24) is 16.0 Å². The fourth-order valence-corrected chi connectivity index (χ4v) is 1.96. The second kappa shape index (κ2) is 4.82. The van der Waals surface area contributed by atoms with Gasteiger partial charge >= 0.3 is 5.70 Å². The third kappa shape index (κ3) is 1.91. The largest absolute Gasteiger partial charge is 0.382 e. The van der Waals surface area contributed by atoms with Crippen molar-refractivity contribution in [1.29, 1.82) is 0 Å². The van der Waals surface area contributed by atoms with Gasteiger partial charge in [0.15, 0.2) is 5.66 Å². The molecular formula is C9H14ClN4O2. The van der Waals surface area contributed by atoms with Crippen molar-refractivity contribution < 1.29 is 4.92 Å². The quantitative estimate of drug-likeness (QED) is 0.374. The molecule has 0 bridgehead atoms. The standard InChI is InChI=1S/C9H14ClN4O2/c1-11-7-6(10)4-5-9(12-2,13-3)8(7)14(15)16/h11-13H,5H2,1-3H3. The van der Waals surface area contributed by atoms with Crippen LogP contribution in [-0.4, -0.2) is 31.7 Å². The van der Waals surface area contributed by atoms with Gasteiger partial charge in [-0.3, -0.25) is 20.7 Å². The van der Waals surface area contributed by atoms with Crippen molar-refractivity contribution in [2.45, 2.75) is 12.1 Å². The van der Waals surface area contributed by atoms with Crippen LogP contribution in [0.2, 0.25) is 0 Å². The van der Waals surface area contributed by atoms with E-state index in [0.29, 0.717) is 6.42 Å². The lowest BCUT2D eigenvalue weighted by atomic mass is 9.95. The molecule has 0 heterocycles. The van der Waals surface area contributed by atoms with Gasteiger partial charge < -0.3 is 5.32 Å². The van der Waals surface area contributed by atoms with Gasteiger partial charge in [-0.1, -0.05) is 11.6 Å². The number of nitrogens with one attached hydrogen (secondary N) is 3. The van der Waals surface area contributed by atoms with Crippen LogP contribution in [-0.2, 0) is 0 Å². The average molecular weight is 246 g/mol. The second-order valence-electron chi connectivity index (χ2n) is 3.30. The Hall–Kier alpha value is -1.11. The zero-order valence-corrected chi connectivity index (χ0v) is 10.1. The molecule has 0 spiro atoms. The monoisotopic (exact) mass is 245 g/mol. The van der Waals surface area contributed by atoms with Crippen LogP contribution in [0.1, 0.15) is 6.42 Å². The van der Waals surface area contributed by atoms with Crippen LogP contribution in [0.5, 0.6) is 0 Å². The molecule has 1 aliphatic carbocycles. The predicted molar refractivity (Wildman–Crippen MR) is 61.2 cm³/mol. The molecule has 0 aromatic carbocycles. The molecule has 0 fully saturated rings. The summed E-state index contributed by atoms with van der Waals surface area (Å²) in [6.45, 7) is 0. The van der Waals surface area contributed by atoms with Crippen molar-refractivity contribution in [2.75, 3.05) is 21.1 Å². The molecule has 7 heteroatoms. The summed E-state index contributed by atoms with van der Waals surface area (Å²) in [5.74, 6) is 0. The highest BCUT2D eigenvalue weighted by atomic mass is 35.5. The van der Waals surface area contributed by atoms with E-state index in [0.717, 1.165) is 0 Å². The molecule has 0 unspecified atom stereocenters. The van der Waals surface area contributed by atoms with Crippen LogP contribution in [0, 0.1) is 16.2 Å². The average Bonchev–Trinajstić information content (AvgIpc) is 2.28. The summed E-state index contributed by atoms with van der Waals surface area (Å²) < 4.78 is 0. The van der Waals surface area contributed by atoms with Gasteiger partial charge in [-0.05, 0) is 20.2 Å². The Bertz CT molecular complexity index is 361. The summed E-state index contributed by atoms with van der Waals surface area (Å²) >= 11 is 5.89. The molecule has 1 radical (unpaired) electrons. The molecule has 89 valence electrons. The van der Waals surface area contributed by atoms with Gasteiger partial charge in [0.2, 0.25) is 0 Å². The minimum absolute atomic E-state index is 0.0243. The molecule has 0 atom stereocenters. The molecule has 0 aromatic heterocycles. The number of nitro groups is 1.